The summed E-state index contributed by atoms with van der Waals surface area (Å²) in [4.78, 5) is 33.9. The van der Waals surface area contributed by atoms with Crippen LogP contribution in [0.2, 0.25) is 0 Å². The molecular formula is C28H26F4N6O2. The first-order chi connectivity index (χ1) is 19.2. The molecule has 2 saturated carbocycles. The fourth-order valence-corrected chi connectivity index (χ4v) is 5.59. The predicted octanol–water partition coefficient (Wildman–Crippen LogP) is 5.25. The van der Waals surface area contributed by atoms with E-state index in [1.54, 1.807) is 30.7 Å². The molecule has 40 heavy (non-hydrogen) atoms. The Morgan fingerprint density at radius 2 is 1.88 bits per heavy atom. The molecule has 1 aromatic carbocycles. The Kier molecular flexibility index (Phi) is 6.63. The summed E-state index contributed by atoms with van der Waals surface area (Å²) in [6.07, 6.45) is 5.86. The molecule has 0 spiro atoms. The Balaban J connectivity index is 1.20. The number of rotatable bonds is 6. The van der Waals surface area contributed by atoms with Crippen LogP contribution in [0.4, 0.5) is 23.2 Å². The van der Waals surface area contributed by atoms with Crippen LogP contribution < -0.4 is 16.4 Å². The van der Waals surface area contributed by atoms with E-state index in [0.29, 0.717) is 36.4 Å². The van der Waals surface area contributed by atoms with Crippen molar-refractivity contribution in [2.45, 2.75) is 63.2 Å². The van der Waals surface area contributed by atoms with Gasteiger partial charge in [-0.3, -0.25) is 19.6 Å². The maximum absolute atomic E-state index is 15.1. The number of aromatic nitrogens is 5. The number of nitrogens with zero attached hydrogens (tertiary/aromatic N) is 4. The number of H-pyrrole nitrogens is 1. The van der Waals surface area contributed by atoms with E-state index in [1.165, 1.54) is 10.6 Å². The number of nitrogens with one attached hydrogen (secondary N) is 2. The van der Waals surface area contributed by atoms with Gasteiger partial charge in [-0.1, -0.05) is 6.42 Å². The number of benzene rings is 1. The highest BCUT2D eigenvalue weighted by molar-refractivity contribution is 5.86. The minimum Gasteiger partial charge on any atom is -0.380 e. The van der Waals surface area contributed by atoms with Gasteiger partial charge in [0.2, 0.25) is 0 Å². The summed E-state index contributed by atoms with van der Waals surface area (Å²) in [6, 6.07) is 4.25. The van der Waals surface area contributed by atoms with Gasteiger partial charge in [-0.15, -0.1) is 0 Å². The Bertz CT molecular complexity index is 1680. The summed E-state index contributed by atoms with van der Waals surface area (Å²) in [5.41, 5.74) is -1.73. The van der Waals surface area contributed by atoms with E-state index in [4.69, 9.17) is 0 Å². The third-order valence-corrected chi connectivity index (χ3v) is 7.74. The van der Waals surface area contributed by atoms with Crippen LogP contribution in [0, 0.1) is 11.7 Å². The van der Waals surface area contributed by atoms with E-state index >= 15 is 4.39 Å². The van der Waals surface area contributed by atoms with Gasteiger partial charge in [0.05, 0.1) is 34.9 Å². The number of fused-ring (bicyclic) bond motifs is 1. The number of pyridine rings is 1. The van der Waals surface area contributed by atoms with Crippen molar-refractivity contribution in [2.75, 3.05) is 5.32 Å². The topological polar surface area (TPSA) is 106 Å². The highest BCUT2D eigenvalue weighted by atomic mass is 19.4. The molecule has 0 radical (unpaired) electrons. The van der Waals surface area contributed by atoms with Crippen molar-refractivity contribution in [1.82, 2.24) is 24.7 Å². The number of hydrogen-bond acceptors (Lipinski definition) is 6. The monoisotopic (exact) mass is 554 g/mol. The Hall–Kier alpha value is -4.09. The van der Waals surface area contributed by atoms with Crippen LogP contribution in [0.3, 0.4) is 0 Å². The van der Waals surface area contributed by atoms with E-state index < -0.39 is 23.1 Å². The van der Waals surface area contributed by atoms with Crippen molar-refractivity contribution in [2.24, 2.45) is 5.92 Å². The number of aromatic amines is 1. The summed E-state index contributed by atoms with van der Waals surface area (Å²) >= 11 is 0. The van der Waals surface area contributed by atoms with Crippen LogP contribution in [-0.4, -0.2) is 30.8 Å². The van der Waals surface area contributed by atoms with Crippen molar-refractivity contribution in [3.05, 3.63) is 80.8 Å². The van der Waals surface area contributed by atoms with Gasteiger partial charge in [-0.05, 0) is 61.6 Å². The van der Waals surface area contributed by atoms with Crippen LogP contribution in [0.5, 0.6) is 0 Å². The van der Waals surface area contributed by atoms with Crippen molar-refractivity contribution < 1.29 is 17.6 Å². The molecular weight excluding hydrogens is 528 g/mol. The lowest BCUT2D eigenvalue weighted by Gasteiger charge is -2.31. The second kappa shape index (κ2) is 10.1. The van der Waals surface area contributed by atoms with E-state index in [-0.39, 0.29) is 34.2 Å². The van der Waals surface area contributed by atoms with Gasteiger partial charge in [0.15, 0.2) is 0 Å². The lowest BCUT2D eigenvalue weighted by molar-refractivity contribution is -0.138. The van der Waals surface area contributed by atoms with E-state index in [2.05, 4.69) is 20.4 Å². The van der Waals surface area contributed by atoms with E-state index in [1.807, 2.05) is 5.10 Å². The van der Waals surface area contributed by atoms with Crippen LogP contribution in [0.15, 0.2) is 52.6 Å². The van der Waals surface area contributed by atoms with Crippen molar-refractivity contribution in [3.8, 4) is 11.3 Å². The Morgan fingerprint density at radius 3 is 2.60 bits per heavy atom. The molecule has 12 heteroatoms. The summed E-state index contributed by atoms with van der Waals surface area (Å²) in [5.74, 6) is -0.131. The molecule has 2 aliphatic carbocycles. The maximum Gasteiger partial charge on any atom is 0.423 e. The first-order valence-electron chi connectivity index (χ1n) is 13.2. The van der Waals surface area contributed by atoms with Crippen LogP contribution >= 0.6 is 0 Å². The van der Waals surface area contributed by atoms with Crippen LogP contribution in [0.1, 0.15) is 55.7 Å². The molecule has 0 unspecified atom stereocenters. The van der Waals surface area contributed by atoms with Gasteiger partial charge >= 0.3 is 6.18 Å². The lowest BCUT2D eigenvalue weighted by Crippen LogP contribution is -2.33. The molecule has 3 heterocycles. The fourth-order valence-electron chi connectivity index (χ4n) is 5.59. The fraction of sp³-hybridized carbons (Fsp3) is 0.393. The van der Waals surface area contributed by atoms with Gasteiger partial charge in [0.25, 0.3) is 11.1 Å². The van der Waals surface area contributed by atoms with Gasteiger partial charge in [-0.2, -0.15) is 18.3 Å². The molecule has 0 bridgehead atoms. The molecule has 2 N–H and O–H groups in total. The molecule has 2 aliphatic rings. The zero-order valence-corrected chi connectivity index (χ0v) is 21.3. The first-order valence-corrected chi connectivity index (χ1v) is 13.2. The molecule has 4 aromatic rings. The molecule has 6 rings (SSSR count). The third-order valence-electron chi connectivity index (χ3n) is 7.74. The summed E-state index contributed by atoms with van der Waals surface area (Å²) in [6.45, 7) is 0.337. The number of halogens is 4. The predicted molar refractivity (Wildman–Crippen MR) is 140 cm³/mol. The minimum absolute atomic E-state index is 0.00457. The highest BCUT2D eigenvalue weighted by Crippen LogP contribution is 2.39. The maximum atomic E-state index is 15.1. The molecule has 2 atom stereocenters. The van der Waals surface area contributed by atoms with Crippen LogP contribution in [0.25, 0.3) is 22.0 Å². The first kappa shape index (κ1) is 26.1. The van der Waals surface area contributed by atoms with E-state index in [9.17, 15) is 22.8 Å². The third kappa shape index (κ3) is 5.22. The second-order valence-electron chi connectivity index (χ2n) is 10.7. The average molecular weight is 555 g/mol. The van der Waals surface area contributed by atoms with Gasteiger partial charge in [-0.25, -0.2) is 9.49 Å². The normalized spacial score (nSPS) is 19.6. The molecule has 0 aliphatic heterocycles. The largest absolute Gasteiger partial charge is 0.423 e. The second-order valence-corrected chi connectivity index (χ2v) is 10.7. The zero-order valence-electron chi connectivity index (χ0n) is 21.3. The van der Waals surface area contributed by atoms with Crippen molar-refractivity contribution in [3.63, 3.8) is 0 Å². The quantitative estimate of drug-likeness (QED) is 0.316. The zero-order chi connectivity index (χ0) is 28.0. The summed E-state index contributed by atoms with van der Waals surface area (Å²) in [5, 5.41) is 9.01. The Morgan fingerprint density at radius 1 is 1.05 bits per heavy atom. The SMILES string of the molecule is O=c1[nH]ncc(N[C@H]2CCC[C@@H](Cn3ccc4cc(-c5cnc(C6CC6)cn5)c(F)cc4c3=O)C2)c1C(F)(F)F. The molecule has 2 fully saturated rings. The highest BCUT2D eigenvalue weighted by Gasteiger charge is 2.38. The molecule has 0 amide bonds. The van der Waals surface area contributed by atoms with Crippen molar-refractivity contribution >= 4 is 16.5 Å². The number of alkyl halides is 3. The van der Waals surface area contributed by atoms with E-state index in [0.717, 1.165) is 37.6 Å². The average Bonchev–Trinajstić information content (AvgIpc) is 3.76. The summed E-state index contributed by atoms with van der Waals surface area (Å²) in [7, 11) is 0. The molecule has 0 saturated heterocycles. The molecule has 3 aromatic heterocycles. The van der Waals surface area contributed by atoms with Crippen molar-refractivity contribution in [1.29, 1.82) is 0 Å². The standard InChI is InChI=1S/C28H26F4N6O2/c29-21-10-19-17(9-20(21)23-12-33-22(11-34-23)16-4-5-16)6-7-38(27(19)40)14-15-2-1-3-18(8-15)36-24-13-35-37-26(39)25(24)28(30,31)32/h6-7,9-13,15-16,18H,1-5,8,14H2,(H2,36,37,39)/t15-,18+/m1/s1. The minimum atomic E-state index is -4.83. The van der Waals surface area contributed by atoms with Gasteiger partial charge in [0, 0.05) is 36.5 Å². The summed E-state index contributed by atoms with van der Waals surface area (Å²) < 4.78 is 57.0. The Labute approximate surface area is 225 Å². The van der Waals surface area contributed by atoms with Crippen LogP contribution in [-0.2, 0) is 12.7 Å². The smallest absolute Gasteiger partial charge is 0.380 e. The van der Waals surface area contributed by atoms with Gasteiger partial charge in [0.1, 0.15) is 11.4 Å². The lowest BCUT2D eigenvalue weighted by atomic mass is 9.85. The molecule has 208 valence electrons. The number of anilines is 1. The molecule has 8 nitrogen and oxygen atoms in total. The number of hydrogen-bond donors (Lipinski definition) is 2. The van der Waals surface area contributed by atoms with Gasteiger partial charge < -0.3 is 9.88 Å².